The van der Waals surface area contributed by atoms with Crippen molar-refractivity contribution in [3.8, 4) is 0 Å². The Morgan fingerprint density at radius 3 is 2.80 bits per heavy atom. The van der Waals surface area contributed by atoms with Gasteiger partial charge in [0.25, 0.3) is 0 Å². The van der Waals surface area contributed by atoms with Crippen LogP contribution in [0.5, 0.6) is 0 Å². The molecule has 1 aromatic carbocycles. The first-order chi connectivity index (χ1) is 11.6. The summed E-state index contributed by atoms with van der Waals surface area (Å²) < 4.78 is 10.4. The predicted molar refractivity (Wildman–Crippen MR) is 97.8 cm³/mol. The first-order valence-electron chi connectivity index (χ1n) is 8.41. The molecule has 2 rings (SSSR count). The van der Waals surface area contributed by atoms with Crippen LogP contribution < -0.4 is 10.6 Å². The SMILES string of the molecule is CCOC(=O)CC(NC(=O)CC1COCCN1)c1ccccc1C.Cl. The minimum Gasteiger partial charge on any atom is -0.466 e. The van der Waals surface area contributed by atoms with Crippen LogP contribution in [-0.4, -0.2) is 44.3 Å². The first kappa shape index (κ1) is 21.4. The second-order valence-corrected chi connectivity index (χ2v) is 5.92. The van der Waals surface area contributed by atoms with E-state index in [1.807, 2.05) is 31.2 Å². The van der Waals surface area contributed by atoms with Crippen LogP contribution in [0.15, 0.2) is 24.3 Å². The van der Waals surface area contributed by atoms with Crippen molar-refractivity contribution in [3.63, 3.8) is 0 Å². The molecule has 1 aromatic rings. The van der Waals surface area contributed by atoms with Crippen LogP contribution >= 0.6 is 12.4 Å². The van der Waals surface area contributed by atoms with Gasteiger partial charge in [0, 0.05) is 19.0 Å². The molecular weight excluding hydrogens is 344 g/mol. The molecule has 1 heterocycles. The number of benzene rings is 1. The third-order valence-corrected chi connectivity index (χ3v) is 4.01. The highest BCUT2D eigenvalue weighted by Gasteiger charge is 2.23. The van der Waals surface area contributed by atoms with Crippen LogP contribution in [0, 0.1) is 6.92 Å². The highest BCUT2D eigenvalue weighted by Crippen LogP contribution is 2.21. The summed E-state index contributed by atoms with van der Waals surface area (Å²) in [6.07, 6.45) is 0.449. The maximum Gasteiger partial charge on any atom is 0.308 e. The second-order valence-electron chi connectivity index (χ2n) is 5.92. The summed E-state index contributed by atoms with van der Waals surface area (Å²) in [4.78, 5) is 24.3. The van der Waals surface area contributed by atoms with E-state index >= 15 is 0 Å². The summed E-state index contributed by atoms with van der Waals surface area (Å²) in [5.74, 6) is -0.416. The fourth-order valence-corrected chi connectivity index (χ4v) is 2.83. The Labute approximate surface area is 155 Å². The Kier molecular flexibility index (Phi) is 9.49. The topological polar surface area (TPSA) is 76.7 Å². The van der Waals surface area contributed by atoms with Crippen LogP contribution in [0.4, 0.5) is 0 Å². The van der Waals surface area contributed by atoms with Gasteiger partial charge in [0.05, 0.1) is 32.3 Å². The second kappa shape index (κ2) is 11.1. The van der Waals surface area contributed by atoms with Gasteiger partial charge in [0.2, 0.25) is 5.91 Å². The van der Waals surface area contributed by atoms with Crippen molar-refractivity contribution in [3.05, 3.63) is 35.4 Å². The molecule has 6 nitrogen and oxygen atoms in total. The van der Waals surface area contributed by atoms with Gasteiger partial charge in [0.1, 0.15) is 0 Å². The number of aryl methyl sites for hydroxylation is 1. The van der Waals surface area contributed by atoms with Crippen molar-refractivity contribution < 1.29 is 19.1 Å². The summed E-state index contributed by atoms with van der Waals surface area (Å²) in [5.41, 5.74) is 1.97. The standard InChI is InChI=1S/C18H26N2O4.ClH/c1-3-24-18(22)11-16(15-7-5-4-6-13(15)2)20-17(21)10-14-12-23-9-8-19-14;/h4-7,14,16,19H,3,8-12H2,1-2H3,(H,20,21);1H. The van der Waals surface area contributed by atoms with Gasteiger partial charge in [0.15, 0.2) is 0 Å². The van der Waals surface area contributed by atoms with Gasteiger partial charge in [-0.1, -0.05) is 24.3 Å². The number of nitrogens with one attached hydrogen (secondary N) is 2. The Morgan fingerprint density at radius 2 is 2.16 bits per heavy atom. The Morgan fingerprint density at radius 1 is 1.40 bits per heavy atom. The lowest BCUT2D eigenvalue weighted by Crippen LogP contribution is -2.44. The smallest absolute Gasteiger partial charge is 0.308 e. The van der Waals surface area contributed by atoms with E-state index in [0.717, 1.165) is 17.7 Å². The van der Waals surface area contributed by atoms with E-state index in [-0.39, 0.29) is 42.8 Å². The molecule has 7 heteroatoms. The maximum atomic E-state index is 12.4. The number of rotatable bonds is 7. The number of amides is 1. The van der Waals surface area contributed by atoms with Gasteiger partial charge in [-0.05, 0) is 25.0 Å². The number of carbonyl (C=O) groups is 2. The molecule has 1 aliphatic heterocycles. The molecule has 140 valence electrons. The zero-order chi connectivity index (χ0) is 17.4. The van der Waals surface area contributed by atoms with E-state index in [1.54, 1.807) is 6.92 Å². The van der Waals surface area contributed by atoms with E-state index in [2.05, 4.69) is 10.6 Å². The number of carbonyl (C=O) groups excluding carboxylic acids is 2. The minimum absolute atomic E-state index is 0. The van der Waals surface area contributed by atoms with E-state index in [0.29, 0.717) is 26.2 Å². The summed E-state index contributed by atoms with van der Waals surface area (Å²) in [6.45, 7) is 6.02. The van der Waals surface area contributed by atoms with Gasteiger partial charge in [-0.3, -0.25) is 9.59 Å². The molecular formula is C18H27ClN2O4. The molecule has 2 N–H and O–H groups in total. The Hall–Kier alpha value is -1.63. The quantitative estimate of drug-likeness (QED) is 0.717. The minimum atomic E-state index is -0.387. The molecule has 0 aromatic heterocycles. The molecule has 0 spiro atoms. The van der Waals surface area contributed by atoms with Crippen LogP contribution in [-0.2, 0) is 19.1 Å². The molecule has 1 fully saturated rings. The van der Waals surface area contributed by atoms with Crippen molar-refractivity contribution in [1.29, 1.82) is 0 Å². The molecule has 1 saturated heterocycles. The molecule has 2 atom stereocenters. The number of esters is 1. The van der Waals surface area contributed by atoms with Crippen molar-refractivity contribution in [2.45, 2.75) is 38.8 Å². The lowest BCUT2D eigenvalue weighted by molar-refractivity contribution is -0.143. The van der Waals surface area contributed by atoms with Gasteiger partial charge in [-0.25, -0.2) is 0 Å². The maximum absolute atomic E-state index is 12.4. The highest BCUT2D eigenvalue weighted by atomic mass is 35.5. The number of hydrogen-bond acceptors (Lipinski definition) is 5. The van der Waals surface area contributed by atoms with Crippen molar-refractivity contribution in [2.24, 2.45) is 0 Å². The fraction of sp³-hybridized carbons (Fsp3) is 0.556. The summed E-state index contributed by atoms with van der Waals surface area (Å²) in [6, 6.07) is 7.37. The van der Waals surface area contributed by atoms with Crippen LogP contribution in [0.1, 0.15) is 36.9 Å². The highest BCUT2D eigenvalue weighted by molar-refractivity contribution is 5.85. The van der Waals surface area contributed by atoms with Gasteiger partial charge >= 0.3 is 5.97 Å². The summed E-state index contributed by atoms with van der Waals surface area (Å²) >= 11 is 0. The number of ether oxygens (including phenoxy) is 2. The van der Waals surface area contributed by atoms with Gasteiger partial charge in [-0.15, -0.1) is 12.4 Å². The molecule has 1 aliphatic rings. The predicted octanol–water partition coefficient (Wildman–Crippen LogP) is 1.91. The fourth-order valence-electron chi connectivity index (χ4n) is 2.83. The van der Waals surface area contributed by atoms with E-state index in [1.165, 1.54) is 0 Å². The van der Waals surface area contributed by atoms with Gasteiger partial charge < -0.3 is 20.1 Å². The number of hydrogen-bond donors (Lipinski definition) is 2. The van der Waals surface area contributed by atoms with Crippen molar-refractivity contribution in [2.75, 3.05) is 26.4 Å². The van der Waals surface area contributed by atoms with Crippen molar-refractivity contribution in [1.82, 2.24) is 10.6 Å². The zero-order valence-electron chi connectivity index (χ0n) is 14.7. The van der Waals surface area contributed by atoms with Gasteiger partial charge in [-0.2, -0.15) is 0 Å². The lowest BCUT2D eigenvalue weighted by Gasteiger charge is -2.25. The average molecular weight is 371 g/mol. The lowest BCUT2D eigenvalue weighted by atomic mass is 9.98. The van der Waals surface area contributed by atoms with E-state index < -0.39 is 0 Å². The molecule has 0 radical (unpaired) electrons. The Bertz CT molecular complexity index is 562. The summed E-state index contributed by atoms with van der Waals surface area (Å²) in [7, 11) is 0. The summed E-state index contributed by atoms with van der Waals surface area (Å²) in [5, 5.41) is 6.23. The Balaban J connectivity index is 0.00000312. The molecule has 0 saturated carbocycles. The third-order valence-electron chi connectivity index (χ3n) is 4.01. The van der Waals surface area contributed by atoms with Crippen molar-refractivity contribution >= 4 is 24.3 Å². The number of morpholine rings is 1. The molecule has 0 bridgehead atoms. The number of halogens is 1. The molecule has 0 aliphatic carbocycles. The third kappa shape index (κ3) is 7.02. The van der Waals surface area contributed by atoms with E-state index in [9.17, 15) is 9.59 Å². The molecule has 1 amide bonds. The normalized spacial score (nSPS) is 17.9. The van der Waals surface area contributed by atoms with E-state index in [4.69, 9.17) is 9.47 Å². The largest absolute Gasteiger partial charge is 0.466 e. The molecule has 2 unspecified atom stereocenters. The van der Waals surface area contributed by atoms with Crippen LogP contribution in [0.2, 0.25) is 0 Å². The molecule has 25 heavy (non-hydrogen) atoms. The zero-order valence-corrected chi connectivity index (χ0v) is 15.6. The average Bonchev–Trinajstić information content (AvgIpc) is 2.56. The van der Waals surface area contributed by atoms with Crippen LogP contribution in [0.25, 0.3) is 0 Å². The first-order valence-corrected chi connectivity index (χ1v) is 8.41. The van der Waals surface area contributed by atoms with Crippen LogP contribution in [0.3, 0.4) is 0 Å². The monoisotopic (exact) mass is 370 g/mol.